The van der Waals surface area contributed by atoms with E-state index in [1.54, 1.807) is 12.1 Å². The molecule has 1 amide bonds. The van der Waals surface area contributed by atoms with Gasteiger partial charge in [-0.25, -0.2) is 4.39 Å². The Hall–Kier alpha value is -2.17. The van der Waals surface area contributed by atoms with Gasteiger partial charge < -0.3 is 5.32 Å². The van der Waals surface area contributed by atoms with Crippen LogP contribution in [0.2, 0.25) is 0 Å². The van der Waals surface area contributed by atoms with Gasteiger partial charge in [-0.2, -0.15) is 5.10 Å². The van der Waals surface area contributed by atoms with E-state index in [2.05, 4.69) is 24.3 Å². The van der Waals surface area contributed by atoms with Crippen molar-refractivity contribution in [2.75, 3.05) is 5.32 Å². The second kappa shape index (κ2) is 6.22. The predicted molar refractivity (Wildman–Crippen MR) is 100 cm³/mol. The lowest BCUT2D eigenvalue weighted by atomic mass is 9.64. The molecule has 1 aromatic heterocycles. The van der Waals surface area contributed by atoms with E-state index in [9.17, 15) is 9.18 Å². The monoisotopic (exact) mass is 355 g/mol. The highest BCUT2D eigenvalue weighted by atomic mass is 19.1. The van der Waals surface area contributed by atoms with Crippen molar-refractivity contribution in [1.29, 1.82) is 0 Å². The maximum atomic E-state index is 13.3. The fourth-order valence-electron chi connectivity index (χ4n) is 4.34. The highest BCUT2D eigenvalue weighted by Gasteiger charge is 2.41. The van der Waals surface area contributed by atoms with Gasteiger partial charge in [-0.15, -0.1) is 0 Å². The maximum absolute atomic E-state index is 13.3. The van der Waals surface area contributed by atoms with Crippen LogP contribution in [0.25, 0.3) is 11.3 Å². The molecule has 0 radical (unpaired) electrons. The van der Waals surface area contributed by atoms with Crippen molar-refractivity contribution >= 4 is 11.7 Å². The zero-order chi connectivity index (χ0) is 18.5. The van der Waals surface area contributed by atoms with Crippen LogP contribution >= 0.6 is 0 Å². The third-order valence-electron chi connectivity index (χ3n) is 5.93. The first-order valence-electron chi connectivity index (χ1n) is 9.48. The molecule has 0 saturated heterocycles. The molecule has 2 aliphatic carbocycles. The molecule has 2 aromatic rings. The second-order valence-corrected chi connectivity index (χ2v) is 8.63. The highest BCUT2D eigenvalue weighted by molar-refractivity contribution is 5.94. The molecule has 4 nitrogen and oxygen atoms in total. The minimum absolute atomic E-state index is 0.0775. The molecule has 26 heavy (non-hydrogen) atoms. The van der Waals surface area contributed by atoms with Crippen molar-refractivity contribution in [2.45, 2.75) is 51.9 Å². The Balaban J connectivity index is 1.65. The standard InChI is InChI=1S/C21H26FN3O/c1-21(2)11-15(12-21)20(26)23-19-17(13-5-4-6-13)18(25(3)24-19)14-7-9-16(22)10-8-14/h7-10,13,15H,4-6,11-12H2,1-3H3,(H,23,24,26). The topological polar surface area (TPSA) is 46.9 Å². The van der Waals surface area contributed by atoms with Crippen LogP contribution in [0.1, 0.15) is 57.4 Å². The fraction of sp³-hybridized carbons (Fsp3) is 0.524. The average molecular weight is 355 g/mol. The number of hydrogen-bond acceptors (Lipinski definition) is 2. The Morgan fingerprint density at radius 2 is 1.88 bits per heavy atom. The van der Waals surface area contributed by atoms with Gasteiger partial charge in [0, 0.05) is 24.1 Å². The average Bonchev–Trinajstić information content (AvgIpc) is 2.80. The largest absolute Gasteiger partial charge is 0.309 e. The normalized spacial score (nSPS) is 19.7. The number of anilines is 1. The molecule has 138 valence electrons. The first-order valence-corrected chi connectivity index (χ1v) is 9.48. The summed E-state index contributed by atoms with van der Waals surface area (Å²) in [5.41, 5.74) is 3.30. The van der Waals surface area contributed by atoms with Gasteiger partial charge in [0.1, 0.15) is 5.82 Å². The third kappa shape index (κ3) is 3.04. The van der Waals surface area contributed by atoms with Crippen molar-refractivity contribution in [3.63, 3.8) is 0 Å². The minimum Gasteiger partial charge on any atom is -0.309 e. The predicted octanol–water partition coefficient (Wildman–Crippen LogP) is 4.87. The summed E-state index contributed by atoms with van der Waals surface area (Å²) < 4.78 is 15.2. The number of carbonyl (C=O) groups is 1. The van der Waals surface area contributed by atoms with Gasteiger partial charge >= 0.3 is 0 Å². The number of carbonyl (C=O) groups excluding carboxylic acids is 1. The lowest BCUT2D eigenvalue weighted by Crippen LogP contribution is -2.39. The third-order valence-corrected chi connectivity index (χ3v) is 5.93. The van der Waals surface area contributed by atoms with E-state index < -0.39 is 0 Å². The van der Waals surface area contributed by atoms with Gasteiger partial charge in [0.15, 0.2) is 5.82 Å². The summed E-state index contributed by atoms with van der Waals surface area (Å²) in [5.74, 6) is 1.01. The van der Waals surface area contributed by atoms with E-state index in [1.807, 2.05) is 11.7 Å². The number of aryl methyl sites for hydroxylation is 1. The molecule has 0 bridgehead atoms. The lowest BCUT2D eigenvalue weighted by Gasteiger charge is -2.41. The molecule has 2 fully saturated rings. The summed E-state index contributed by atoms with van der Waals surface area (Å²) >= 11 is 0. The number of rotatable bonds is 4. The van der Waals surface area contributed by atoms with Crippen molar-refractivity contribution in [3.8, 4) is 11.3 Å². The van der Waals surface area contributed by atoms with Crippen LogP contribution in [0.4, 0.5) is 10.2 Å². The van der Waals surface area contributed by atoms with Gasteiger partial charge in [-0.1, -0.05) is 20.3 Å². The van der Waals surface area contributed by atoms with Crippen LogP contribution in [0.3, 0.4) is 0 Å². The Morgan fingerprint density at radius 3 is 2.42 bits per heavy atom. The zero-order valence-electron chi connectivity index (χ0n) is 15.7. The zero-order valence-corrected chi connectivity index (χ0v) is 15.7. The fourth-order valence-corrected chi connectivity index (χ4v) is 4.34. The summed E-state index contributed by atoms with van der Waals surface area (Å²) in [7, 11) is 1.89. The van der Waals surface area contributed by atoms with Crippen LogP contribution in [0, 0.1) is 17.2 Å². The smallest absolute Gasteiger partial charge is 0.228 e. The number of nitrogens with one attached hydrogen (secondary N) is 1. The highest BCUT2D eigenvalue weighted by Crippen LogP contribution is 2.47. The number of halogens is 1. The number of amides is 1. The molecular weight excluding hydrogens is 329 g/mol. The summed E-state index contributed by atoms with van der Waals surface area (Å²) in [6.45, 7) is 4.40. The quantitative estimate of drug-likeness (QED) is 0.850. The van der Waals surface area contributed by atoms with E-state index in [-0.39, 0.29) is 23.1 Å². The molecule has 0 aliphatic heterocycles. The van der Waals surface area contributed by atoms with Crippen LogP contribution in [0.5, 0.6) is 0 Å². The molecule has 5 heteroatoms. The number of aromatic nitrogens is 2. The molecule has 2 saturated carbocycles. The summed E-state index contributed by atoms with van der Waals surface area (Å²) in [6.07, 6.45) is 5.27. The molecule has 0 atom stereocenters. The molecule has 1 N–H and O–H groups in total. The van der Waals surface area contributed by atoms with Gasteiger partial charge in [0.05, 0.1) is 5.69 Å². The van der Waals surface area contributed by atoms with Crippen molar-refractivity contribution < 1.29 is 9.18 Å². The van der Waals surface area contributed by atoms with Gasteiger partial charge in [0.2, 0.25) is 5.91 Å². The van der Waals surface area contributed by atoms with E-state index in [4.69, 9.17) is 0 Å². The first kappa shape index (κ1) is 17.3. The molecule has 1 aromatic carbocycles. The van der Waals surface area contributed by atoms with E-state index in [0.29, 0.717) is 11.7 Å². The van der Waals surface area contributed by atoms with Crippen molar-refractivity contribution in [2.24, 2.45) is 18.4 Å². The Kier molecular flexibility index (Phi) is 4.13. The number of benzene rings is 1. The summed E-state index contributed by atoms with van der Waals surface area (Å²) in [5, 5.41) is 7.72. The number of hydrogen-bond donors (Lipinski definition) is 1. The van der Waals surface area contributed by atoms with Crippen LogP contribution in [-0.2, 0) is 11.8 Å². The SMILES string of the molecule is Cn1nc(NC(=O)C2CC(C)(C)C2)c(C2CCC2)c1-c1ccc(F)cc1. The van der Waals surface area contributed by atoms with E-state index in [0.717, 1.165) is 42.5 Å². The summed E-state index contributed by atoms with van der Waals surface area (Å²) in [6, 6.07) is 6.52. The van der Waals surface area contributed by atoms with E-state index >= 15 is 0 Å². The first-order chi connectivity index (χ1) is 12.3. The van der Waals surface area contributed by atoms with E-state index in [1.165, 1.54) is 18.6 Å². The van der Waals surface area contributed by atoms with Gasteiger partial charge in [0.25, 0.3) is 0 Å². The second-order valence-electron chi connectivity index (χ2n) is 8.63. The van der Waals surface area contributed by atoms with Crippen LogP contribution < -0.4 is 5.32 Å². The van der Waals surface area contributed by atoms with Crippen LogP contribution in [0.15, 0.2) is 24.3 Å². The minimum atomic E-state index is -0.248. The number of nitrogens with zero attached hydrogens (tertiary/aromatic N) is 2. The molecular formula is C21H26FN3O. The maximum Gasteiger partial charge on any atom is 0.228 e. The molecule has 0 spiro atoms. The Bertz CT molecular complexity index is 826. The Morgan fingerprint density at radius 1 is 1.23 bits per heavy atom. The van der Waals surface area contributed by atoms with Crippen LogP contribution in [-0.4, -0.2) is 15.7 Å². The molecule has 4 rings (SSSR count). The molecule has 1 heterocycles. The van der Waals surface area contributed by atoms with Gasteiger partial charge in [-0.3, -0.25) is 9.48 Å². The Labute approximate surface area is 153 Å². The molecule has 0 unspecified atom stereocenters. The lowest BCUT2D eigenvalue weighted by molar-refractivity contribution is -0.126. The van der Waals surface area contributed by atoms with Crippen molar-refractivity contribution in [1.82, 2.24) is 9.78 Å². The van der Waals surface area contributed by atoms with Crippen molar-refractivity contribution in [3.05, 3.63) is 35.6 Å². The molecule has 2 aliphatic rings. The summed E-state index contributed by atoms with van der Waals surface area (Å²) in [4.78, 5) is 12.7. The van der Waals surface area contributed by atoms with Gasteiger partial charge in [-0.05, 0) is 61.3 Å².